The number of hydrogen-bond donors (Lipinski definition) is 1. The Morgan fingerprint density at radius 2 is 2.17 bits per heavy atom. The van der Waals surface area contributed by atoms with E-state index in [4.69, 9.17) is 25.8 Å². The Morgan fingerprint density at radius 1 is 1.28 bits per heavy atom. The zero-order valence-electron chi connectivity index (χ0n) is 16.0. The molecule has 4 aromatic rings. The Kier molecular flexibility index (Phi) is 4.73. The molecular weight excluding hydrogens is 392 g/mol. The SMILES string of the molecule is C[C@@H]1C[C@H](n2c(Cc3cc(CO)on3)nc3cnc4ccc(Cl)cc4c32)CCO1. The first-order valence-corrected chi connectivity index (χ1v) is 10.1. The van der Waals surface area contributed by atoms with Crippen molar-refractivity contribution in [2.24, 2.45) is 0 Å². The van der Waals surface area contributed by atoms with Gasteiger partial charge in [-0.3, -0.25) is 4.98 Å². The summed E-state index contributed by atoms with van der Waals surface area (Å²) in [5.74, 6) is 1.34. The highest BCUT2D eigenvalue weighted by molar-refractivity contribution is 6.31. The van der Waals surface area contributed by atoms with Gasteiger partial charge < -0.3 is 18.9 Å². The fraction of sp³-hybridized carbons (Fsp3) is 0.381. The highest BCUT2D eigenvalue weighted by atomic mass is 35.5. The first kappa shape index (κ1) is 18.5. The van der Waals surface area contributed by atoms with E-state index >= 15 is 0 Å². The number of fused-ring (bicyclic) bond motifs is 3. The number of ether oxygens (including phenoxy) is 1. The first-order chi connectivity index (χ1) is 14.1. The van der Waals surface area contributed by atoms with Crippen molar-refractivity contribution < 1.29 is 14.4 Å². The molecular formula is C21H21ClN4O3. The largest absolute Gasteiger partial charge is 0.388 e. The van der Waals surface area contributed by atoms with Gasteiger partial charge in [0.25, 0.3) is 0 Å². The van der Waals surface area contributed by atoms with Crippen LogP contribution in [0.3, 0.4) is 0 Å². The maximum absolute atomic E-state index is 9.27. The summed E-state index contributed by atoms with van der Waals surface area (Å²) in [6.45, 7) is 2.65. The Hall–Kier alpha value is -2.48. The minimum Gasteiger partial charge on any atom is -0.388 e. The number of benzene rings is 1. The van der Waals surface area contributed by atoms with Gasteiger partial charge in [-0.25, -0.2) is 4.98 Å². The average Bonchev–Trinajstić information content (AvgIpc) is 3.32. The molecule has 2 atom stereocenters. The van der Waals surface area contributed by atoms with Crippen LogP contribution in [0.1, 0.15) is 43.1 Å². The predicted molar refractivity (Wildman–Crippen MR) is 109 cm³/mol. The van der Waals surface area contributed by atoms with E-state index in [0.29, 0.717) is 23.8 Å². The normalized spacial score (nSPS) is 20.0. The number of aliphatic hydroxyl groups excluding tert-OH is 1. The van der Waals surface area contributed by atoms with Gasteiger partial charge in [0.1, 0.15) is 17.9 Å². The van der Waals surface area contributed by atoms with Crippen LogP contribution < -0.4 is 0 Å². The van der Waals surface area contributed by atoms with Gasteiger partial charge in [0, 0.05) is 29.1 Å². The molecule has 1 fully saturated rings. The summed E-state index contributed by atoms with van der Waals surface area (Å²) in [6.07, 6.45) is 4.32. The smallest absolute Gasteiger partial charge is 0.162 e. The summed E-state index contributed by atoms with van der Waals surface area (Å²) in [6, 6.07) is 7.77. The molecule has 0 spiro atoms. The van der Waals surface area contributed by atoms with Gasteiger partial charge in [0.05, 0.1) is 35.4 Å². The average molecular weight is 413 g/mol. The van der Waals surface area contributed by atoms with E-state index in [0.717, 1.165) is 46.3 Å². The van der Waals surface area contributed by atoms with E-state index < -0.39 is 0 Å². The van der Waals surface area contributed by atoms with Gasteiger partial charge in [0.2, 0.25) is 0 Å². The van der Waals surface area contributed by atoms with Crippen LogP contribution in [0, 0.1) is 0 Å². The van der Waals surface area contributed by atoms with Crippen LogP contribution in [0.25, 0.3) is 21.9 Å². The van der Waals surface area contributed by atoms with E-state index in [-0.39, 0.29) is 18.8 Å². The standard InChI is InChI=1S/C21H21ClN4O3/c1-12-6-15(4-5-28-12)26-20(9-14-8-16(11-27)29-25-14)24-19-10-23-18-3-2-13(22)7-17(18)21(19)26/h2-3,7-8,10,12,15,27H,4-6,9,11H2,1H3/t12-,15-/m1/s1. The number of halogens is 1. The quantitative estimate of drug-likeness (QED) is 0.544. The minimum atomic E-state index is -0.173. The van der Waals surface area contributed by atoms with Crippen LogP contribution in [-0.2, 0) is 17.8 Å². The number of aromatic nitrogens is 4. The molecule has 8 heteroatoms. The van der Waals surface area contributed by atoms with Gasteiger partial charge in [-0.2, -0.15) is 0 Å². The monoisotopic (exact) mass is 412 g/mol. The molecule has 150 valence electrons. The molecule has 0 aliphatic carbocycles. The topological polar surface area (TPSA) is 86.2 Å². The molecule has 7 nitrogen and oxygen atoms in total. The lowest BCUT2D eigenvalue weighted by Gasteiger charge is -2.30. The number of rotatable bonds is 4. The molecule has 0 amide bonds. The van der Waals surface area contributed by atoms with Crippen LogP contribution >= 0.6 is 11.6 Å². The molecule has 0 unspecified atom stereocenters. The Labute approximate surface area is 172 Å². The second kappa shape index (κ2) is 7.40. The number of pyridine rings is 1. The summed E-state index contributed by atoms with van der Waals surface area (Å²) in [5, 5.41) is 15.0. The Bertz CT molecular complexity index is 1190. The maximum Gasteiger partial charge on any atom is 0.162 e. The summed E-state index contributed by atoms with van der Waals surface area (Å²) >= 11 is 6.31. The van der Waals surface area contributed by atoms with E-state index in [1.807, 2.05) is 24.4 Å². The fourth-order valence-electron chi connectivity index (χ4n) is 4.20. The van der Waals surface area contributed by atoms with Crippen molar-refractivity contribution in [1.29, 1.82) is 0 Å². The van der Waals surface area contributed by atoms with Crippen LogP contribution in [0.4, 0.5) is 0 Å². The lowest BCUT2D eigenvalue weighted by atomic mass is 10.0. The molecule has 0 bridgehead atoms. The number of aliphatic hydroxyl groups is 1. The van der Waals surface area contributed by atoms with Crippen LogP contribution in [0.5, 0.6) is 0 Å². The second-order valence-electron chi connectivity index (χ2n) is 7.53. The molecule has 3 aromatic heterocycles. The lowest BCUT2D eigenvalue weighted by molar-refractivity contribution is 0.00630. The zero-order chi connectivity index (χ0) is 20.0. The summed E-state index contributed by atoms with van der Waals surface area (Å²) < 4.78 is 13.2. The second-order valence-corrected chi connectivity index (χ2v) is 7.97. The molecule has 29 heavy (non-hydrogen) atoms. The molecule has 1 N–H and O–H groups in total. The lowest BCUT2D eigenvalue weighted by Crippen LogP contribution is -2.26. The van der Waals surface area contributed by atoms with E-state index in [9.17, 15) is 5.11 Å². The van der Waals surface area contributed by atoms with Gasteiger partial charge in [-0.15, -0.1) is 0 Å². The van der Waals surface area contributed by atoms with Crippen LogP contribution in [0.15, 0.2) is 35.0 Å². The highest BCUT2D eigenvalue weighted by Crippen LogP contribution is 2.34. The molecule has 0 saturated carbocycles. The molecule has 4 heterocycles. The van der Waals surface area contributed by atoms with Crippen LogP contribution in [0.2, 0.25) is 5.02 Å². The Morgan fingerprint density at radius 3 is 2.97 bits per heavy atom. The van der Waals surface area contributed by atoms with Crippen molar-refractivity contribution in [2.75, 3.05) is 6.61 Å². The maximum atomic E-state index is 9.27. The molecule has 1 saturated heterocycles. The third-order valence-corrected chi connectivity index (χ3v) is 5.71. The third kappa shape index (κ3) is 3.39. The number of hydrogen-bond acceptors (Lipinski definition) is 6. The Balaban J connectivity index is 1.71. The van der Waals surface area contributed by atoms with Crippen molar-refractivity contribution in [1.82, 2.24) is 19.7 Å². The van der Waals surface area contributed by atoms with Gasteiger partial charge in [0.15, 0.2) is 5.76 Å². The molecule has 5 rings (SSSR count). The highest BCUT2D eigenvalue weighted by Gasteiger charge is 2.26. The van der Waals surface area contributed by atoms with Crippen molar-refractivity contribution in [3.63, 3.8) is 0 Å². The minimum absolute atomic E-state index is 0.173. The van der Waals surface area contributed by atoms with Gasteiger partial charge >= 0.3 is 0 Å². The van der Waals surface area contributed by atoms with E-state index in [1.165, 1.54) is 0 Å². The molecule has 1 aliphatic rings. The zero-order valence-corrected chi connectivity index (χ0v) is 16.8. The number of imidazole rings is 1. The summed E-state index contributed by atoms with van der Waals surface area (Å²) in [4.78, 5) is 9.46. The molecule has 1 aliphatic heterocycles. The van der Waals surface area contributed by atoms with Crippen molar-refractivity contribution in [3.8, 4) is 0 Å². The van der Waals surface area contributed by atoms with E-state index in [2.05, 4.69) is 21.6 Å². The molecule has 0 radical (unpaired) electrons. The predicted octanol–water partition coefficient (Wildman–Crippen LogP) is 4.05. The summed E-state index contributed by atoms with van der Waals surface area (Å²) in [7, 11) is 0. The van der Waals surface area contributed by atoms with Crippen molar-refractivity contribution in [2.45, 2.75) is 44.9 Å². The van der Waals surface area contributed by atoms with Crippen molar-refractivity contribution in [3.05, 3.63) is 52.8 Å². The van der Waals surface area contributed by atoms with Crippen LogP contribution in [-0.4, -0.2) is 37.5 Å². The number of nitrogens with zero attached hydrogens (tertiary/aromatic N) is 4. The van der Waals surface area contributed by atoms with E-state index in [1.54, 1.807) is 6.07 Å². The molecule has 1 aromatic carbocycles. The first-order valence-electron chi connectivity index (χ1n) is 9.74. The fourth-order valence-corrected chi connectivity index (χ4v) is 4.37. The third-order valence-electron chi connectivity index (χ3n) is 5.48. The van der Waals surface area contributed by atoms with Gasteiger partial charge in [-0.1, -0.05) is 16.8 Å². The van der Waals surface area contributed by atoms with Crippen molar-refractivity contribution >= 4 is 33.5 Å². The summed E-state index contributed by atoms with van der Waals surface area (Å²) in [5.41, 5.74) is 3.50. The van der Waals surface area contributed by atoms with Gasteiger partial charge in [-0.05, 0) is 38.0 Å².